The van der Waals surface area contributed by atoms with E-state index in [1.807, 2.05) is 11.8 Å². The van der Waals surface area contributed by atoms with Crippen molar-refractivity contribution in [3.63, 3.8) is 0 Å². The van der Waals surface area contributed by atoms with Crippen LogP contribution in [0.3, 0.4) is 0 Å². The van der Waals surface area contributed by atoms with Crippen molar-refractivity contribution in [1.29, 1.82) is 0 Å². The molecule has 0 spiro atoms. The molecule has 1 aliphatic heterocycles. The molecule has 3 rings (SSSR count). The Bertz CT molecular complexity index is 921. The molecule has 8 heteroatoms. The van der Waals surface area contributed by atoms with Crippen molar-refractivity contribution in [2.45, 2.75) is 39.0 Å². The minimum Gasteiger partial charge on any atom is -0.366 e. The zero-order valence-electron chi connectivity index (χ0n) is 17.0. The van der Waals surface area contributed by atoms with Crippen LogP contribution >= 0.6 is 0 Å². The SMILES string of the molecule is CCCC(=O)Nc1ccc(NC(=O)c2ccc(N3CCCCC3)c([N+](=O)[O-])c2)cc1. The minimum absolute atomic E-state index is 0.0569. The van der Waals surface area contributed by atoms with E-state index < -0.39 is 10.8 Å². The highest BCUT2D eigenvalue weighted by molar-refractivity contribution is 6.05. The Morgan fingerprint density at radius 1 is 1.00 bits per heavy atom. The topological polar surface area (TPSA) is 105 Å². The third kappa shape index (κ3) is 5.34. The van der Waals surface area contributed by atoms with Crippen LogP contribution in [-0.2, 0) is 4.79 Å². The van der Waals surface area contributed by atoms with Crippen LogP contribution in [0.25, 0.3) is 0 Å². The summed E-state index contributed by atoms with van der Waals surface area (Å²) < 4.78 is 0. The van der Waals surface area contributed by atoms with Gasteiger partial charge in [-0.3, -0.25) is 19.7 Å². The van der Waals surface area contributed by atoms with Gasteiger partial charge in [0, 0.05) is 42.5 Å². The van der Waals surface area contributed by atoms with Crippen LogP contribution in [0.1, 0.15) is 49.4 Å². The van der Waals surface area contributed by atoms with Crippen molar-refractivity contribution in [2.75, 3.05) is 28.6 Å². The number of nitro groups is 1. The normalized spacial score (nSPS) is 13.6. The second-order valence-corrected chi connectivity index (χ2v) is 7.34. The van der Waals surface area contributed by atoms with Gasteiger partial charge in [0.05, 0.1) is 4.92 Å². The van der Waals surface area contributed by atoms with Crippen molar-refractivity contribution in [3.8, 4) is 0 Å². The molecule has 0 atom stereocenters. The van der Waals surface area contributed by atoms with Gasteiger partial charge in [-0.1, -0.05) is 6.92 Å². The lowest BCUT2D eigenvalue weighted by molar-refractivity contribution is -0.384. The molecule has 0 aromatic heterocycles. The summed E-state index contributed by atoms with van der Waals surface area (Å²) in [5.74, 6) is -0.485. The molecular weight excluding hydrogens is 384 g/mol. The summed E-state index contributed by atoms with van der Waals surface area (Å²) in [4.78, 5) is 37.4. The highest BCUT2D eigenvalue weighted by Gasteiger charge is 2.23. The molecule has 2 N–H and O–H groups in total. The summed E-state index contributed by atoms with van der Waals surface area (Å²) in [6.07, 6.45) is 4.36. The summed E-state index contributed by atoms with van der Waals surface area (Å²) >= 11 is 0. The molecule has 30 heavy (non-hydrogen) atoms. The Morgan fingerprint density at radius 3 is 2.23 bits per heavy atom. The molecule has 1 fully saturated rings. The van der Waals surface area contributed by atoms with E-state index in [9.17, 15) is 19.7 Å². The Morgan fingerprint density at radius 2 is 1.63 bits per heavy atom. The quantitative estimate of drug-likeness (QED) is 0.514. The molecule has 0 unspecified atom stereocenters. The summed E-state index contributed by atoms with van der Waals surface area (Å²) in [7, 11) is 0. The number of carbonyl (C=O) groups is 2. The zero-order valence-corrected chi connectivity index (χ0v) is 17.0. The smallest absolute Gasteiger partial charge is 0.293 e. The van der Waals surface area contributed by atoms with Crippen LogP contribution in [-0.4, -0.2) is 29.8 Å². The average Bonchev–Trinajstić information content (AvgIpc) is 2.75. The fourth-order valence-electron chi connectivity index (χ4n) is 3.50. The van der Waals surface area contributed by atoms with Gasteiger partial charge in [0.25, 0.3) is 11.6 Å². The van der Waals surface area contributed by atoms with Gasteiger partial charge in [-0.15, -0.1) is 0 Å². The van der Waals surface area contributed by atoms with Crippen LogP contribution in [0.5, 0.6) is 0 Å². The Kier molecular flexibility index (Phi) is 7.00. The third-order valence-electron chi connectivity index (χ3n) is 5.03. The Balaban J connectivity index is 1.71. The predicted octanol–water partition coefficient (Wildman–Crippen LogP) is 4.58. The van der Waals surface area contributed by atoms with Gasteiger partial charge in [-0.25, -0.2) is 0 Å². The lowest BCUT2D eigenvalue weighted by atomic mass is 10.1. The number of nitrogens with one attached hydrogen (secondary N) is 2. The molecule has 1 heterocycles. The average molecular weight is 410 g/mol. The molecule has 2 aromatic carbocycles. The minimum atomic E-state index is -0.436. The molecule has 0 bridgehead atoms. The van der Waals surface area contributed by atoms with Gasteiger partial charge in [-0.2, -0.15) is 0 Å². The van der Waals surface area contributed by atoms with E-state index in [1.54, 1.807) is 36.4 Å². The van der Waals surface area contributed by atoms with Crippen molar-refractivity contribution in [1.82, 2.24) is 0 Å². The molecule has 8 nitrogen and oxygen atoms in total. The summed E-state index contributed by atoms with van der Waals surface area (Å²) in [5, 5.41) is 17.1. The van der Waals surface area contributed by atoms with E-state index in [2.05, 4.69) is 10.6 Å². The first-order valence-corrected chi connectivity index (χ1v) is 10.2. The van der Waals surface area contributed by atoms with Crippen molar-refractivity contribution < 1.29 is 14.5 Å². The van der Waals surface area contributed by atoms with Crippen molar-refractivity contribution in [3.05, 3.63) is 58.1 Å². The van der Waals surface area contributed by atoms with Gasteiger partial charge in [0.15, 0.2) is 0 Å². The Hall–Kier alpha value is -3.42. The van der Waals surface area contributed by atoms with Crippen molar-refractivity contribution in [2.24, 2.45) is 0 Å². The fraction of sp³-hybridized carbons (Fsp3) is 0.364. The number of rotatable bonds is 7. The number of amides is 2. The van der Waals surface area contributed by atoms with Gasteiger partial charge in [0.1, 0.15) is 5.69 Å². The lowest BCUT2D eigenvalue weighted by Crippen LogP contribution is -2.30. The molecule has 0 aliphatic carbocycles. The first-order valence-electron chi connectivity index (χ1n) is 10.2. The maximum atomic E-state index is 12.6. The number of anilines is 3. The zero-order chi connectivity index (χ0) is 21.5. The summed E-state index contributed by atoms with van der Waals surface area (Å²) in [6, 6.07) is 11.4. The van der Waals surface area contributed by atoms with E-state index in [0.29, 0.717) is 23.5 Å². The van der Waals surface area contributed by atoms with E-state index in [0.717, 1.165) is 38.8 Å². The molecular formula is C22H26N4O4. The molecule has 0 radical (unpaired) electrons. The standard InChI is InChI=1S/C22H26N4O4/c1-2-6-21(27)23-17-8-10-18(11-9-17)24-22(28)16-7-12-19(20(15-16)26(29)30)25-13-4-3-5-14-25/h7-12,15H,2-6,13-14H2,1H3,(H,23,27)(H,24,28). The maximum Gasteiger partial charge on any atom is 0.293 e. The fourth-order valence-corrected chi connectivity index (χ4v) is 3.50. The third-order valence-corrected chi connectivity index (χ3v) is 5.03. The van der Waals surface area contributed by atoms with E-state index in [-0.39, 0.29) is 17.2 Å². The number of nitrogens with zero attached hydrogens (tertiary/aromatic N) is 2. The highest BCUT2D eigenvalue weighted by Crippen LogP contribution is 2.31. The van der Waals surface area contributed by atoms with Crippen molar-refractivity contribution >= 4 is 34.6 Å². The van der Waals surface area contributed by atoms with Gasteiger partial charge in [-0.05, 0) is 62.1 Å². The molecule has 1 aliphatic rings. The number of hydrogen-bond acceptors (Lipinski definition) is 5. The van der Waals surface area contributed by atoms with Crippen LogP contribution < -0.4 is 15.5 Å². The molecule has 158 valence electrons. The number of carbonyl (C=O) groups excluding carboxylic acids is 2. The molecule has 2 aromatic rings. The molecule has 2 amide bonds. The van der Waals surface area contributed by atoms with E-state index in [4.69, 9.17) is 0 Å². The Labute approximate surface area is 175 Å². The van der Waals surface area contributed by atoms with Gasteiger partial charge in [0.2, 0.25) is 5.91 Å². The largest absolute Gasteiger partial charge is 0.366 e. The van der Waals surface area contributed by atoms with E-state index in [1.165, 1.54) is 6.07 Å². The molecule has 0 saturated carbocycles. The van der Waals surface area contributed by atoms with Crippen LogP contribution in [0.15, 0.2) is 42.5 Å². The maximum absolute atomic E-state index is 12.6. The van der Waals surface area contributed by atoms with Crippen LogP contribution in [0, 0.1) is 10.1 Å². The lowest BCUT2D eigenvalue weighted by Gasteiger charge is -2.28. The number of hydrogen-bond donors (Lipinski definition) is 2. The van der Waals surface area contributed by atoms with Gasteiger partial charge >= 0.3 is 0 Å². The predicted molar refractivity (Wildman–Crippen MR) is 117 cm³/mol. The summed E-state index contributed by atoms with van der Waals surface area (Å²) in [5.41, 5.74) is 1.91. The van der Waals surface area contributed by atoms with Gasteiger partial charge < -0.3 is 15.5 Å². The highest BCUT2D eigenvalue weighted by atomic mass is 16.6. The molecule has 1 saturated heterocycles. The second kappa shape index (κ2) is 9.87. The first kappa shape index (κ1) is 21.3. The summed E-state index contributed by atoms with van der Waals surface area (Å²) in [6.45, 7) is 3.50. The first-order chi connectivity index (χ1) is 14.5. The van der Waals surface area contributed by atoms with E-state index >= 15 is 0 Å². The second-order valence-electron chi connectivity index (χ2n) is 7.34. The number of benzene rings is 2. The number of nitro benzene ring substituents is 1. The van der Waals surface area contributed by atoms with Crippen LogP contribution in [0.2, 0.25) is 0 Å². The monoisotopic (exact) mass is 410 g/mol. The number of piperidine rings is 1. The van der Waals surface area contributed by atoms with Crippen LogP contribution in [0.4, 0.5) is 22.7 Å².